The molecule has 0 saturated heterocycles. The number of hydrogen-bond acceptors (Lipinski definition) is 4. The van der Waals surface area contributed by atoms with Gasteiger partial charge >= 0.3 is 0 Å². The molecular weight excluding hydrogens is 288 g/mol. The van der Waals surface area contributed by atoms with E-state index in [1.54, 1.807) is 6.92 Å². The van der Waals surface area contributed by atoms with Crippen molar-refractivity contribution in [2.24, 2.45) is 5.73 Å². The number of aromatic nitrogens is 2. The fourth-order valence-corrected chi connectivity index (χ4v) is 4.04. The molecule has 0 bridgehead atoms. The minimum atomic E-state index is -3.58. The van der Waals surface area contributed by atoms with Crippen LogP contribution in [0.1, 0.15) is 29.9 Å². The third-order valence-electron chi connectivity index (χ3n) is 3.73. The summed E-state index contributed by atoms with van der Waals surface area (Å²) in [5.41, 5.74) is 8.64. The maximum absolute atomic E-state index is 12.7. The molecule has 1 aromatic heterocycles. The highest BCUT2D eigenvalue weighted by Crippen LogP contribution is 2.33. The van der Waals surface area contributed by atoms with Crippen LogP contribution in [0.25, 0.3) is 0 Å². The van der Waals surface area contributed by atoms with Crippen molar-refractivity contribution in [3.8, 4) is 0 Å². The highest BCUT2D eigenvalue weighted by molar-refractivity contribution is 7.92. The molecule has 3 rings (SSSR count). The molecule has 7 heteroatoms. The van der Waals surface area contributed by atoms with Crippen LogP contribution in [-0.4, -0.2) is 24.9 Å². The van der Waals surface area contributed by atoms with Crippen molar-refractivity contribution >= 4 is 15.7 Å². The van der Waals surface area contributed by atoms with Gasteiger partial charge in [0.05, 0.1) is 11.9 Å². The fourth-order valence-electron chi connectivity index (χ4n) is 2.57. The summed E-state index contributed by atoms with van der Waals surface area (Å²) in [6.45, 7) is 4.09. The molecule has 0 spiro atoms. The molecule has 3 N–H and O–H groups in total. The Morgan fingerprint density at radius 1 is 1.43 bits per heavy atom. The van der Waals surface area contributed by atoms with E-state index in [2.05, 4.69) is 9.97 Å². The van der Waals surface area contributed by atoms with Crippen LogP contribution in [0.2, 0.25) is 0 Å². The predicted molar refractivity (Wildman–Crippen MR) is 80.6 cm³/mol. The lowest BCUT2D eigenvalue weighted by Crippen LogP contribution is -2.29. The Kier molecular flexibility index (Phi) is 3.26. The third kappa shape index (κ3) is 2.32. The zero-order valence-electron chi connectivity index (χ0n) is 12.0. The average Bonchev–Trinajstić information content (AvgIpc) is 3.04. The first-order valence-corrected chi connectivity index (χ1v) is 8.26. The molecular formula is C14H18N4O2S. The summed E-state index contributed by atoms with van der Waals surface area (Å²) in [6.07, 6.45) is 2.06. The van der Waals surface area contributed by atoms with E-state index in [0.717, 1.165) is 16.8 Å². The van der Waals surface area contributed by atoms with Crippen LogP contribution in [0.15, 0.2) is 29.4 Å². The molecule has 1 aromatic carbocycles. The van der Waals surface area contributed by atoms with Gasteiger partial charge in [-0.15, -0.1) is 0 Å². The lowest BCUT2D eigenvalue weighted by molar-refractivity contribution is 0.589. The average molecular weight is 306 g/mol. The van der Waals surface area contributed by atoms with Gasteiger partial charge in [0.2, 0.25) is 0 Å². The van der Waals surface area contributed by atoms with E-state index in [4.69, 9.17) is 5.73 Å². The number of aromatic amines is 1. The van der Waals surface area contributed by atoms with Crippen LogP contribution in [0.5, 0.6) is 0 Å². The van der Waals surface area contributed by atoms with E-state index in [9.17, 15) is 8.42 Å². The number of aryl methyl sites for hydroxylation is 1. The Bertz CT molecular complexity index is 780. The second-order valence-electron chi connectivity index (χ2n) is 5.34. The Labute approximate surface area is 124 Å². The summed E-state index contributed by atoms with van der Waals surface area (Å²) in [5.74, 6) is 0.584. The smallest absolute Gasteiger partial charge is 0.281 e. The highest BCUT2D eigenvalue weighted by atomic mass is 32.2. The summed E-state index contributed by atoms with van der Waals surface area (Å²) in [4.78, 5) is 6.76. The van der Waals surface area contributed by atoms with Gasteiger partial charge in [-0.05, 0) is 37.5 Å². The summed E-state index contributed by atoms with van der Waals surface area (Å²) < 4.78 is 26.7. The number of rotatable bonds is 3. The molecule has 0 saturated carbocycles. The van der Waals surface area contributed by atoms with Crippen LogP contribution in [0.4, 0.5) is 5.69 Å². The predicted octanol–water partition coefficient (Wildman–Crippen LogP) is 1.49. The van der Waals surface area contributed by atoms with Gasteiger partial charge in [-0.25, -0.2) is 4.98 Å². The lowest BCUT2D eigenvalue weighted by Gasteiger charge is -2.18. The molecule has 0 aliphatic carbocycles. The number of fused-ring (bicyclic) bond motifs is 1. The Morgan fingerprint density at radius 3 is 2.81 bits per heavy atom. The van der Waals surface area contributed by atoms with Gasteiger partial charge in [-0.3, -0.25) is 4.31 Å². The number of anilines is 1. The minimum absolute atomic E-state index is 0.0591. The molecule has 2 aromatic rings. The summed E-state index contributed by atoms with van der Waals surface area (Å²) in [5, 5.41) is 0.129. The Balaban J connectivity index is 2.01. The topological polar surface area (TPSA) is 92.1 Å². The highest BCUT2D eigenvalue weighted by Gasteiger charge is 2.32. The van der Waals surface area contributed by atoms with Crippen LogP contribution >= 0.6 is 0 Å². The molecule has 1 atom stereocenters. The number of nitrogens with two attached hydrogens (primary N) is 1. The molecule has 112 valence electrons. The number of H-pyrrole nitrogens is 1. The van der Waals surface area contributed by atoms with Gasteiger partial charge in [0.15, 0.2) is 5.03 Å². The van der Waals surface area contributed by atoms with Gasteiger partial charge in [-0.2, -0.15) is 8.42 Å². The molecule has 2 heterocycles. The van der Waals surface area contributed by atoms with Crippen LogP contribution < -0.4 is 10.0 Å². The summed E-state index contributed by atoms with van der Waals surface area (Å²) >= 11 is 0. The number of nitrogens with one attached hydrogen (secondary N) is 1. The first-order chi connectivity index (χ1) is 9.89. The van der Waals surface area contributed by atoms with E-state index >= 15 is 0 Å². The molecule has 1 aliphatic heterocycles. The van der Waals surface area contributed by atoms with Crippen molar-refractivity contribution in [3.63, 3.8) is 0 Å². The SMILES string of the molecule is Cc1ncc(S(=O)(=O)N2CCc3cc(C(C)N)ccc32)[nH]1. The van der Waals surface area contributed by atoms with Crippen molar-refractivity contribution in [1.82, 2.24) is 9.97 Å². The van der Waals surface area contributed by atoms with E-state index in [1.165, 1.54) is 10.5 Å². The van der Waals surface area contributed by atoms with E-state index in [1.807, 2.05) is 25.1 Å². The standard InChI is InChI=1S/C14H18N4O2S/c1-9(15)11-3-4-13-12(7-11)5-6-18(13)21(19,20)14-8-16-10(2)17-14/h3-4,7-9H,5-6,15H2,1-2H3,(H,16,17). The first-order valence-electron chi connectivity index (χ1n) is 6.82. The molecule has 0 fully saturated rings. The van der Waals surface area contributed by atoms with E-state index in [0.29, 0.717) is 18.8 Å². The summed E-state index contributed by atoms with van der Waals surface area (Å²) in [6, 6.07) is 5.65. The number of sulfonamides is 1. The van der Waals surface area contributed by atoms with Gasteiger partial charge in [0, 0.05) is 12.6 Å². The van der Waals surface area contributed by atoms with Crippen molar-refractivity contribution in [1.29, 1.82) is 0 Å². The van der Waals surface area contributed by atoms with Crippen molar-refractivity contribution < 1.29 is 8.42 Å². The van der Waals surface area contributed by atoms with Gasteiger partial charge in [-0.1, -0.05) is 12.1 Å². The Hall–Kier alpha value is -1.86. The van der Waals surface area contributed by atoms with Crippen LogP contribution in [-0.2, 0) is 16.4 Å². The number of benzene rings is 1. The van der Waals surface area contributed by atoms with Gasteiger partial charge in [0.1, 0.15) is 5.82 Å². The number of hydrogen-bond donors (Lipinski definition) is 2. The maximum atomic E-state index is 12.7. The van der Waals surface area contributed by atoms with Gasteiger partial charge in [0.25, 0.3) is 10.0 Å². The molecule has 21 heavy (non-hydrogen) atoms. The zero-order valence-corrected chi connectivity index (χ0v) is 12.8. The maximum Gasteiger partial charge on any atom is 0.281 e. The van der Waals surface area contributed by atoms with Crippen molar-refractivity contribution in [2.75, 3.05) is 10.8 Å². The normalized spacial score (nSPS) is 16.0. The van der Waals surface area contributed by atoms with Crippen molar-refractivity contribution in [2.45, 2.75) is 31.3 Å². The zero-order chi connectivity index (χ0) is 15.2. The third-order valence-corrected chi connectivity index (χ3v) is 5.45. The van der Waals surface area contributed by atoms with E-state index < -0.39 is 10.0 Å². The molecule has 6 nitrogen and oxygen atoms in total. The second kappa shape index (κ2) is 4.85. The van der Waals surface area contributed by atoms with Crippen LogP contribution in [0, 0.1) is 6.92 Å². The number of nitrogens with zero attached hydrogens (tertiary/aromatic N) is 2. The lowest BCUT2D eigenvalue weighted by atomic mass is 10.0. The quantitative estimate of drug-likeness (QED) is 0.898. The monoisotopic (exact) mass is 306 g/mol. The molecule has 0 amide bonds. The number of imidazole rings is 1. The first kappa shape index (κ1) is 14.1. The minimum Gasteiger partial charge on any atom is -0.332 e. The largest absolute Gasteiger partial charge is 0.332 e. The van der Waals surface area contributed by atoms with Gasteiger partial charge < -0.3 is 10.7 Å². The molecule has 1 unspecified atom stereocenters. The van der Waals surface area contributed by atoms with Crippen molar-refractivity contribution in [3.05, 3.63) is 41.3 Å². The van der Waals surface area contributed by atoms with E-state index in [-0.39, 0.29) is 11.1 Å². The summed E-state index contributed by atoms with van der Waals surface area (Å²) in [7, 11) is -3.58. The second-order valence-corrected chi connectivity index (χ2v) is 7.17. The molecule has 1 aliphatic rings. The fraction of sp³-hybridized carbons (Fsp3) is 0.357. The van der Waals surface area contributed by atoms with Crippen LogP contribution in [0.3, 0.4) is 0 Å². The Morgan fingerprint density at radius 2 is 2.19 bits per heavy atom. The molecule has 0 radical (unpaired) electrons.